The Kier molecular flexibility index (Phi) is 7.10. The highest BCUT2D eigenvalue weighted by atomic mass is 16.6. The van der Waals surface area contributed by atoms with Crippen molar-refractivity contribution in [3.05, 3.63) is 29.3 Å². The number of aromatic hydroxyl groups is 1. The first-order chi connectivity index (χ1) is 11.6. The number of carbonyl (C=O) groups is 4. The van der Waals surface area contributed by atoms with E-state index in [0.717, 1.165) is 0 Å². The number of nitrogens with two attached hydrogens (primary N) is 1. The quantitative estimate of drug-likeness (QED) is 0.381. The van der Waals surface area contributed by atoms with Gasteiger partial charge >= 0.3 is 12.1 Å². The summed E-state index contributed by atoms with van der Waals surface area (Å²) in [7, 11) is 0. The maximum atomic E-state index is 12.0. The molecule has 0 saturated carbocycles. The molecule has 0 saturated heterocycles. The van der Waals surface area contributed by atoms with Crippen LogP contribution in [-0.4, -0.2) is 34.9 Å². The Morgan fingerprint density at radius 1 is 1.24 bits per heavy atom. The molecule has 2 amide bonds. The summed E-state index contributed by atoms with van der Waals surface area (Å²) >= 11 is 0. The van der Waals surface area contributed by atoms with Crippen LogP contribution in [0.1, 0.15) is 31.4 Å². The van der Waals surface area contributed by atoms with E-state index < -0.39 is 29.8 Å². The SMILES string of the molecule is Cc1cc(O)ccc1C[C@H](NC(=O)C(=O)CC(C)C)C(=O)OC(N)=O. The minimum atomic E-state index is -1.31. The molecule has 1 aromatic carbocycles. The third-order valence-electron chi connectivity index (χ3n) is 3.39. The molecule has 1 aromatic rings. The maximum absolute atomic E-state index is 12.0. The van der Waals surface area contributed by atoms with Gasteiger partial charge in [-0.15, -0.1) is 0 Å². The molecule has 0 aliphatic heterocycles. The second kappa shape index (κ2) is 8.81. The smallest absolute Gasteiger partial charge is 0.412 e. The Morgan fingerprint density at radius 2 is 1.88 bits per heavy atom. The monoisotopic (exact) mass is 350 g/mol. The summed E-state index contributed by atoms with van der Waals surface area (Å²) in [6.07, 6.45) is -1.30. The second-order valence-corrected chi connectivity index (χ2v) is 6.10. The third kappa shape index (κ3) is 6.62. The van der Waals surface area contributed by atoms with Gasteiger partial charge in [-0.1, -0.05) is 19.9 Å². The van der Waals surface area contributed by atoms with Crippen LogP contribution in [0.2, 0.25) is 0 Å². The molecule has 0 heterocycles. The lowest BCUT2D eigenvalue weighted by atomic mass is 10.00. The number of nitrogens with one attached hydrogen (secondary N) is 1. The number of phenols is 1. The number of ketones is 1. The lowest BCUT2D eigenvalue weighted by Crippen LogP contribution is -2.47. The van der Waals surface area contributed by atoms with Crippen molar-refractivity contribution in [2.24, 2.45) is 11.7 Å². The number of ether oxygens (including phenoxy) is 1. The zero-order valence-electron chi connectivity index (χ0n) is 14.4. The van der Waals surface area contributed by atoms with E-state index in [1.807, 2.05) is 0 Å². The van der Waals surface area contributed by atoms with Crippen LogP contribution >= 0.6 is 0 Å². The van der Waals surface area contributed by atoms with Crippen molar-refractivity contribution < 1.29 is 29.0 Å². The largest absolute Gasteiger partial charge is 0.508 e. The van der Waals surface area contributed by atoms with E-state index in [9.17, 15) is 24.3 Å². The minimum absolute atomic E-state index is 0.0198. The van der Waals surface area contributed by atoms with Gasteiger partial charge in [0.15, 0.2) is 0 Å². The predicted octanol–water partition coefficient (Wildman–Crippen LogP) is 0.965. The molecule has 0 fully saturated rings. The van der Waals surface area contributed by atoms with Crippen molar-refractivity contribution >= 4 is 23.8 Å². The number of phenolic OH excluding ortho intramolecular Hbond substituents is 1. The van der Waals surface area contributed by atoms with Crippen molar-refractivity contribution in [3.8, 4) is 5.75 Å². The Morgan fingerprint density at radius 3 is 2.40 bits per heavy atom. The fraction of sp³-hybridized carbons (Fsp3) is 0.412. The number of benzene rings is 1. The van der Waals surface area contributed by atoms with Gasteiger partial charge in [-0.3, -0.25) is 9.59 Å². The molecule has 25 heavy (non-hydrogen) atoms. The molecule has 0 aliphatic rings. The first-order valence-corrected chi connectivity index (χ1v) is 7.73. The number of aryl methyl sites for hydroxylation is 1. The predicted molar refractivity (Wildman–Crippen MR) is 88.6 cm³/mol. The van der Waals surface area contributed by atoms with E-state index in [1.54, 1.807) is 26.8 Å². The Balaban J connectivity index is 2.96. The van der Waals surface area contributed by atoms with E-state index in [0.29, 0.717) is 11.1 Å². The first-order valence-electron chi connectivity index (χ1n) is 7.73. The van der Waals surface area contributed by atoms with Gasteiger partial charge in [-0.25, -0.2) is 9.59 Å². The van der Waals surface area contributed by atoms with Crippen LogP contribution in [0.25, 0.3) is 0 Å². The Bertz CT molecular complexity index is 684. The summed E-state index contributed by atoms with van der Waals surface area (Å²) in [5, 5.41) is 11.7. The summed E-state index contributed by atoms with van der Waals surface area (Å²) in [5.41, 5.74) is 6.13. The second-order valence-electron chi connectivity index (χ2n) is 6.10. The normalized spacial score (nSPS) is 11.7. The number of amides is 2. The first kappa shape index (κ1) is 20.1. The number of hydrogen-bond acceptors (Lipinski definition) is 6. The average Bonchev–Trinajstić information content (AvgIpc) is 2.47. The Hall–Kier alpha value is -2.90. The minimum Gasteiger partial charge on any atom is -0.508 e. The highest BCUT2D eigenvalue weighted by Gasteiger charge is 2.27. The van der Waals surface area contributed by atoms with Crippen LogP contribution in [0.4, 0.5) is 4.79 Å². The van der Waals surface area contributed by atoms with E-state index >= 15 is 0 Å². The van der Waals surface area contributed by atoms with Crippen LogP contribution < -0.4 is 11.1 Å². The van der Waals surface area contributed by atoms with Crippen LogP contribution in [0.3, 0.4) is 0 Å². The number of hydrogen-bond donors (Lipinski definition) is 3. The van der Waals surface area contributed by atoms with Crippen molar-refractivity contribution in [2.75, 3.05) is 0 Å². The molecule has 1 atom stereocenters. The van der Waals surface area contributed by atoms with Gasteiger partial charge in [0.2, 0.25) is 5.78 Å². The van der Waals surface area contributed by atoms with Crippen LogP contribution in [0.15, 0.2) is 18.2 Å². The van der Waals surface area contributed by atoms with E-state index in [2.05, 4.69) is 10.1 Å². The maximum Gasteiger partial charge on any atom is 0.412 e. The average molecular weight is 350 g/mol. The molecule has 136 valence electrons. The molecule has 0 unspecified atom stereocenters. The van der Waals surface area contributed by atoms with Crippen LogP contribution in [0, 0.1) is 12.8 Å². The lowest BCUT2D eigenvalue weighted by molar-refractivity contribution is -0.144. The highest BCUT2D eigenvalue weighted by molar-refractivity contribution is 6.36. The fourth-order valence-corrected chi connectivity index (χ4v) is 2.19. The molecule has 0 bridgehead atoms. The van der Waals surface area contributed by atoms with Crippen molar-refractivity contribution in [1.29, 1.82) is 0 Å². The summed E-state index contributed by atoms with van der Waals surface area (Å²) in [5.74, 6) is -2.64. The third-order valence-corrected chi connectivity index (χ3v) is 3.39. The summed E-state index contributed by atoms with van der Waals surface area (Å²) in [6.45, 7) is 5.27. The standard InChI is InChI=1S/C17H22N2O6/c1-9(2)6-14(21)15(22)19-13(16(23)25-17(18)24)8-11-4-5-12(20)7-10(11)3/h4-5,7,9,13,20H,6,8H2,1-3H3,(H2,18,24)(H,19,22)/t13-/m0/s1. The molecule has 1 rings (SSSR count). The lowest BCUT2D eigenvalue weighted by Gasteiger charge is -2.17. The summed E-state index contributed by atoms with van der Waals surface area (Å²) < 4.78 is 4.33. The van der Waals surface area contributed by atoms with Gasteiger partial charge in [0.25, 0.3) is 5.91 Å². The highest BCUT2D eigenvalue weighted by Crippen LogP contribution is 2.17. The van der Waals surface area contributed by atoms with Gasteiger partial charge in [0, 0.05) is 12.8 Å². The van der Waals surface area contributed by atoms with Crippen molar-refractivity contribution in [3.63, 3.8) is 0 Å². The Labute approximate surface area is 145 Å². The summed E-state index contributed by atoms with van der Waals surface area (Å²) in [6, 6.07) is 3.21. The van der Waals surface area contributed by atoms with E-state index in [4.69, 9.17) is 5.73 Å². The van der Waals surface area contributed by atoms with Crippen molar-refractivity contribution in [2.45, 2.75) is 39.7 Å². The number of esters is 1. The summed E-state index contributed by atoms with van der Waals surface area (Å²) in [4.78, 5) is 46.6. The molecule has 0 aromatic heterocycles. The number of primary amides is 1. The van der Waals surface area contributed by atoms with Crippen LogP contribution in [-0.2, 0) is 25.5 Å². The molecule has 8 nitrogen and oxygen atoms in total. The van der Waals surface area contributed by atoms with Gasteiger partial charge in [0.1, 0.15) is 11.8 Å². The number of rotatable bonds is 7. The molecular formula is C17H22N2O6. The molecule has 0 aliphatic carbocycles. The molecular weight excluding hydrogens is 328 g/mol. The zero-order chi connectivity index (χ0) is 19.1. The topological polar surface area (TPSA) is 136 Å². The van der Waals surface area contributed by atoms with Gasteiger partial charge < -0.3 is 20.9 Å². The van der Waals surface area contributed by atoms with E-state index in [1.165, 1.54) is 12.1 Å². The van der Waals surface area contributed by atoms with Crippen LogP contribution in [0.5, 0.6) is 5.75 Å². The zero-order valence-corrected chi connectivity index (χ0v) is 14.4. The number of Topliss-reactive ketones (excluding diaryl/α,β-unsaturated/α-hetero) is 1. The molecule has 8 heteroatoms. The van der Waals surface area contributed by atoms with Crippen molar-refractivity contribution in [1.82, 2.24) is 5.32 Å². The van der Waals surface area contributed by atoms with E-state index in [-0.39, 0.29) is 24.5 Å². The van der Waals surface area contributed by atoms with Gasteiger partial charge in [-0.2, -0.15) is 0 Å². The van der Waals surface area contributed by atoms with Gasteiger partial charge in [-0.05, 0) is 36.1 Å². The van der Waals surface area contributed by atoms with Gasteiger partial charge in [0.05, 0.1) is 0 Å². The molecule has 0 radical (unpaired) electrons. The molecule has 4 N–H and O–H groups in total. The fourth-order valence-electron chi connectivity index (χ4n) is 2.19. The molecule has 0 spiro atoms. The number of carbonyl (C=O) groups excluding carboxylic acids is 4.